The summed E-state index contributed by atoms with van der Waals surface area (Å²) in [6.45, 7) is 2.76. The average molecular weight is 265 g/mol. The van der Waals surface area contributed by atoms with E-state index in [2.05, 4.69) is 0 Å². The Labute approximate surface area is 112 Å². The molecule has 0 amide bonds. The number of hydrogen-bond acceptors (Lipinski definition) is 5. The second kappa shape index (κ2) is 6.04. The van der Waals surface area contributed by atoms with E-state index in [1.807, 2.05) is 0 Å². The molecule has 1 aliphatic heterocycles. The minimum absolute atomic E-state index is 0.0600. The molecule has 1 aromatic rings. The Morgan fingerprint density at radius 3 is 2.74 bits per heavy atom. The number of hydrogen-bond donors (Lipinski definition) is 2. The number of esters is 1. The monoisotopic (exact) mass is 265 g/mol. The van der Waals surface area contributed by atoms with Crippen LogP contribution in [0.15, 0.2) is 18.2 Å². The van der Waals surface area contributed by atoms with Gasteiger partial charge in [0.05, 0.1) is 0 Å². The molecule has 1 fully saturated rings. The first-order valence-electron chi connectivity index (χ1n) is 6.42. The number of aromatic hydroxyl groups is 1. The minimum atomic E-state index is -0.461. The fourth-order valence-corrected chi connectivity index (χ4v) is 2.33. The predicted octanol–water partition coefficient (Wildman–Crippen LogP) is 1.74. The van der Waals surface area contributed by atoms with Crippen molar-refractivity contribution in [3.8, 4) is 11.5 Å². The van der Waals surface area contributed by atoms with Crippen molar-refractivity contribution >= 4 is 5.97 Å². The van der Waals surface area contributed by atoms with Gasteiger partial charge in [-0.05, 0) is 36.5 Å². The highest BCUT2D eigenvalue weighted by Gasteiger charge is 2.23. The molecule has 0 saturated carbocycles. The number of rotatable bonds is 3. The number of ether oxygens (including phenoxy) is 2. The SMILES string of the molecule is CC(=O)Oc1ccc([C@H](N)C2CCOCC2)cc1O. The van der Waals surface area contributed by atoms with Crippen LogP contribution in [0, 0.1) is 5.92 Å². The Morgan fingerprint density at radius 1 is 1.47 bits per heavy atom. The Morgan fingerprint density at radius 2 is 2.16 bits per heavy atom. The molecule has 2 rings (SSSR count). The first kappa shape index (κ1) is 13.8. The van der Waals surface area contributed by atoms with E-state index in [-0.39, 0.29) is 17.5 Å². The van der Waals surface area contributed by atoms with Crippen LogP contribution in [0.3, 0.4) is 0 Å². The summed E-state index contributed by atoms with van der Waals surface area (Å²) in [5, 5.41) is 9.83. The number of nitrogens with two attached hydrogens (primary N) is 1. The van der Waals surface area contributed by atoms with Crippen LogP contribution < -0.4 is 10.5 Å². The van der Waals surface area contributed by atoms with Crippen LogP contribution in [0.2, 0.25) is 0 Å². The summed E-state index contributed by atoms with van der Waals surface area (Å²) in [5.41, 5.74) is 7.06. The average Bonchev–Trinajstić information content (AvgIpc) is 2.41. The number of benzene rings is 1. The molecule has 1 saturated heterocycles. The van der Waals surface area contributed by atoms with Crippen molar-refractivity contribution in [3.63, 3.8) is 0 Å². The van der Waals surface area contributed by atoms with Gasteiger partial charge in [-0.15, -0.1) is 0 Å². The van der Waals surface area contributed by atoms with E-state index in [4.69, 9.17) is 15.2 Å². The second-order valence-corrected chi connectivity index (χ2v) is 4.80. The van der Waals surface area contributed by atoms with E-state index in [0.717, 1.165) is 31.6 Å². The van der Waals surface area contributed by atoms with Crippen LogP contribution in [0.4, 0.5) is 0 Å². The topological polar surface area (TPSA) is 81.8 Å². The lowest BCUT2D eigenvalue weighted by molar-refractivity contribution is -0.132. The van der Waals surface area contributed by atoms with E-state index < -0.39 is 5.97 Å². The molecule has 0 spiro atoms. The van der Waals surface area contributed by atoms with Gasteiger partial charge in [0.1, 0.15) is 0 Å². The number of carbonyl (C=O) groups excluding carboxylic acids is 1. The molecule has 5 heteroatoms. The lowest BCUT2D eigenvalue weighted by Gasteiger charge is -2.28. The van der Waals surface area contributed by atoms with Gasteiger partial charge >= 0.3 is 5.97 Å². The highest BCUT2D eigenvalue weighted by molar-refractivity contribution is 5.70. The molecule has 5 nitrogen and oxygen atoms in total. The van der Waals surface area contributed by atoms with Crippen LogP contribution in [-0.2, 0) is 9.53 Å². The molecule has 104 valence electrons. The van der Waals surface area contributed by atoms with Crippen molar-refractivity contribution in [3.05, 3.63) is 23.8 Å². The van der Waals surface area contributed by atoms with Crippen LogP contribution in [0.25, 0.3) is 0 Å². The molecule has 1 atom stereocenters. The van der Waals surface area contributed by atoms with Gasteiger partial charge in [-0.1, -0.05) is 6.07 Å². The zero-order valence-corrected chi connectivity index (χ0v) is 11.0. The van der Waals surface area contributed by atoms with Gasteiger partial charge < -0.3 is 20.3 Å². The molecule has 0 aromatic heterocycles. The van der Waals surface area contributed by atoms with E-state index in [9.17, 15) is 9.90 Å². The van der Waals surface area contributed by atoms with Gasteiger partial charge in [-0.3, -0.25) is 4.79 Å². The van der Waals surface area contributed by atoms with Crippen LogP contribution in [-0.4, -0.2) is 24.3 Å². The molecule has 0 bridgehead atoms. The fraction of sp³-hybridized carbons (Fsp3) is 0.500. The summed E-state index contributed by atoms with van der Waals surface area (Å²) in [6.07, 6.45) is 1.85. The van der Waals surface area contributed by atoms with Crippen molar-refractivity contribution in [1.82, 2.24) is 0 Å². The molecule has 1 heterocycles. The lowest BCUT2D eigenvalue weighted by Crippen LogP contribution is -2.27. The third kappa shape index (κ3) is 3.45. The second-order valence-electron chi connectivity index (χ2n) is 4.80. The van der Waals surface area contributed by atoms with Crippen molar-refractivity contribution in [2.24, 2.45) is 11.7 Å². The predicted molar refractivity (Wildman–Crippen MR) is 69.9 cm³/mol. The third-order valence-electron chi connectivity index (χ3n) is 3.40. The molecule has 19 heavy (non-hydrogen) atoms. The molecule has 1 aromatic carbocycles. The fourth-order valence-electron chi connectivity index (χ4n) is 2.33. The first-order chi connectivity index (χ1) is 9.08. The Kier molecular flexibility index (Phi) is 4.39. The van der Waals surface area contributed by atoms with Crippen molar-refractivity contribution in [1.29, 1.82) is 0 Å². The van der Waals surface area contributed by atoms with Crippen molar-refractivity contribution in [2.45, 2.75) is 25.8 Å². The number of carbonyl (C=O) groups is 1. The molecule has 0 aliphatic carbocycles. The smallest absolute Gasteiger partial charge is 0.308 e. The molecule has 0 unspecified atom stereocenters. The van der Waals surface area contributed by atoms with Gasteiger partial charge in [-0.2, -0.15) is 0 Å². The highest BCUT2D eigenvalue weighted by Crippen LogP contribution is 2.33. The Bertz CT molecular complexity index is 455. The van der Waals surface area contributed by atoms with Gasteiger partial charge in [0.15, 0.2) is 11.5 Å². The van der Waals surface area contributed by atoms with Crippen molar-refractivity contribution < 1.29 is 19.4 Å². The maximum atomic E-state index is 10.9. The van der Waals surface area contributed by atoms with Gasteiger partial charge in [0.2, 0.25) is 0 Å². The van der Waals surface area contributed by atoms with Crippen molar-refractivity contribution in [2.75, 3.05) is 13.2 Å². The maximum Gasteiger partial charge on any atom is 0.308 e. The Balaban J connectivity index is 2.11. The summed E-state index contributed by atoms with van der Waals surface area (Å²) in [7, 11) is 0. The normalized spacial score (nSPS) is 18.0. The standard InChI is InChI=1S/C14H19NO4/c1-9(16)19-13-3-2-11(8-12(13)17)14(15)10-4-6-18-7-5-10/h2-3,8,10,14,17H,4-7,15H2,1H3/t14-/m1/s1. The van der Waals surface area contributed by atoms with E-state index >= 15 is 0 Å². The largest absolute Gasteiger partial charge is 0.504 e. The minimum Gasteiger partial charge on any atom is -0.504 e. The third-order valence-corrected chi connectivity index (χ3v) is 3.40. The zero-order chi connectivity index (χ0) is 13.8. The quantitative estimate of drug-likeness (QED) is 0.642. The molecule has 0 radical (unpaired) electrons. The summed E-state index contributed by atoms with van der Waals surface area (Å²) in [5.74, 6) is -0.00450. The van der Waals surface area contributed by atoms with E-state index in [1.54, 1.807) is 18.2 Å². The first-order valence-corrected chi connectivity index (χ1v) is 6.42. The zero-order valence-electron chi connectivity index (χ0n) is 11.0. The number of phenolic OH excluding ortho intramolecular Hbond substituents is 1. The van der Waals surface area contributed by atoms with Gasteiger partial charge in [-0.25, -0.2) is 0 Å². The number of phenols is 1. The van der Waals surface area contributed by atoms with Crippen LogP contribution >= 0.6 is 0 Å². The molecular formula is C14H19NO4. The highest BCUT2D eigenvalue weighted by atomic mass is 16.5. The van der Waals surface area contributed by atoms with E-state index in [1.165, 1.54) is 6.92 Å². The Hall–Kier alpha value is -1.59. The summed E-state index contributed by atoms with van der Waals surface area (Å²) in [4.78, 5) is 10.9. The molecule has 1 aliphatic rings. The molecule has 3 N–H and O–H groups in total. The van der Waals surface area contributed by atoms with Gasteiger partial charge in [0.25, 0.3) is 0 Å². The van der Waals surface area contributed by atoms with Crippen LogP contribution in [0.1, 0.15) is 31.4 Å². The molecular weight excluding hydrogens is 246 g/mol. The van der Waals surface area contributed by atoms with E-state index in [0.29, 0.717) is 5.92 Å². The maximum absolute atomic E-state index is 10.9. The van der Waals surface area contributed by atoms with Crippen LogP contribution in [0.5, 0.6) is 11.5 Å². The van der Waals surface area contributed by atoms with Gasteiger partial charge in [0, 0.05) is 26.2 Å². The lowest BCUT2D eigenvalue weighted by atomic mass is 9.88. The summed E-state index contributed by atoms with van der Waals surface area (Å²) < 4.78 is 10.2. The summed E-state index contributed by atoms with van der Waals surface area (Å²) in [6, 6.07) is 4.79. The summed E-state index contributed by atoms with van der Waals surface area (Å²) >= 11 is 0.